The van der Waals surface area contributed by atoms with Crippen molar-refractivity contribution in [3.05, 3.63) is 71.9 Å². The molecular formula is C24H22F2N4O4S. The van der Waals surface area contributed by atoms with Gasteiger partial charge < -0.3 is 10.2 Å². The van der Waals surface area contributed by atoms with Gasteiger partial charge in [-0.2, -0.15) is 0 Å². The van der Waals surface area contributed by atoms with E-state index in [4.69, 9.17) is 0 Å². The quantitative estimate of drug-likeness (QED) is 0.556. The average molecular weight is 501 g/mol. The summed E-state index contributed by atoms with van der Waals surface area (Å²) >= 11 is 0. The number of nitrogens with one attached hydrogen (secondary N) is 2. The van der Waals surface area contributed by atoms with Crippen LogP contribution >= 0.6 is 0 Å². The first-order valence-electron chi connectivity index (χ1n) is 10.7. The zero-order valence-electron chi connectivity index (χ0n) is 18.9. The molecule has 1 aromatic heterocycles. The lowest BCUT2D eigenvalue weighted by Gasteiger charge is -2.19. The van der Waals surface area contributed by atoms with Crippen LogP contribution in [0, 0.1) is 18.6 Å². The van der Waals surface area contributed by atoms with Crippen molar-refractivity contribution in [1.82, 2.24) is 10.3 Å². The molecular weight excluding hydrogens is 478 g/mol. The molecule has 1 atom stereocenters. The van der Waals surface area contributed by atoms with Gasteiger partial charge in [0.1, 0.15) is 11.9 Å². The number of aromatic nitrogens is 1. The van der Waals surface area contributed by atoms with Crippen LogP contribution in [-0.2, 0) is 14.6 Å². The van der Waals surface area contributed by atoms with Gasteiger partial charge in [0.25, 0.3) is 0 Å². The standard InChI is InChI=1S/C24H22F2N4O4S/c1-14-7-10-20(27-13-14)29-24(32)28-17-11-12-30(23(17)31)18-9-8-16(21(25)22(18)26)15-5-3-4-6-19(15)35(2,33)34/h3-10,13,17H,11-12H2,1-2H3,(H2,27,28,29,32)/t17-/m1/s1. The third-order valence-electron chi connectivity index (χ3n) is 5.59. The second-order valence-corrected chi connectivity index (χ2v) is 10.2. The fourth-order valence-corrected chi connectivity index (χ4v) is 4.78. The van der Waals surface area contributed by atoms with Crippen molar-refractivity contribution in [1.29, 1.82) is 0 Å². The summed E-state index contributed by atoms with van der Waals surface area (Å²) in [5, 5.41) is 5.04. The van der Waals surface area contributed by atoms with Gasteiger partial charge in [-0.05, 0) is 43.2 Å². The van der Waals surface area contributed by atoms with Crippen LogP contribution < -0.4 is 15.5 Å². The van der Waals surface area contributed by atoms with Crippen LogP contribution in [0.3, 0.4) is 0 Å². The van der Waals surface area contributed by atoms with Gasteiger partial charge in [0.15, 0.2) is 21.5 Å². The Balaban J connectivity index is 1.54. The molecule has 0 unspecified atom stereocenters. The van der Waals surface area contributed by atoms with Crippen molar-refractivity contribution in [3.8, 4) is 11.1 Å². The maximum absolute atomic E-state index is 15.1. The molecule has 8 nitrogen and oxygen atoms in total. The van der Waals surface area contributed by atoms with Crippen molar-refractivity contribution < 1.29 is 26.8 Å². The third kappa shape index (κ3) is 4.99. The maximum atomic E-state index is 15.1. The molecule has 0 aliphatic carbocycles. The number of anilines is 2. The number of aryl methyl sites for hydroxylation is 1. The van der Waals surface area contributed by atoms with Crippen LogP contribution in [0.25, 0.3) is 11.1 Å². The zero-order chi connectivity index (χ0) is 25.3. The SMILES string of the molecule is Cc1ccc(NC(=O)N[C@@H]2CCN(c3ccc(-c4ccccc4S(C)(=O)=O)c(F)c3F)C2=O)nc1. The highest BCUT2D eigenvalue weighted by atomic mass is 32.2. The van der Waals surface area contributed by atoms with Gasteiger partial charge in [-0.3, -0.25) is 10.1 Å². The number of halogens is 2. The van der Waals surface area contributed by atoms with Crippen LogP contribution in [0.1, 0.15) is 12.0 Å². The molecule has 3 amide bonds. The predicted molar refractivity (Wildman–Crippen MR) is 127 cm³/mol. The van der Waals surface area contributed by atoms with E-state index < -0.39 is 39.5 Å². The minimum absolute atomic E-state index is 0.0200. The molecule has 1 aliphatic heterocycles. The topological polar surface area (TPSA) is 108 Å². The molecule has 2 N–H and O–H groups in total. The first kappa shape index (κ1) is 24.3. The Morgan fingerprint density at radius 2 is 1.80 bits per heavy atom. The number of pyridine rings is 1. The predicted octanol–water partition coefficient (Wildman–Crippen LogP) is 3.67. The first-order chi connectivity index (χ1) is 16.6. The normalized spacial score (nSPS) is 15.8. The van der Waals surface area contributed by atoms with E-state index >= 15 is 8.78 Å². The molecule has 2 heterocycles. The number of urea groups is 1. The van der Waals surface area contributed by atoms with E-state index in [0.29, 0.717) is 5.82 Å². The highest BCUT2D eigenvalue weighted by Crippen LogP contribution is 2.35. The Hall–Kier alpha value is -3.86. The summed E-state index contributed by atoms with van der Waals surface area (Å²) in [6.45, 7) is 1.91. The van der Waals surface area contributed by atoms with Gasteiger partial charge in [0, 0.05) is 30.1 Å². The van der Waals surface area contributed by atoms with Crippen LogP contribution in [0.15, 0.2) is 59.6 Å². The van der Waals surface area contributed by atoms with E-state index in [1.165, 1.54) is 36.4 Å². The molecule has 182 valence electrons. The van der Waals surface area contributed by atoms with Crippen molar-refractivity contribution >= 4 is 33.3 Å². The highest BCUT2D eigenvalue weighted by Gasteiger charge is 2.36. The zero-order valence-corrected chi connectivity index (χ0v) is 19.7. The molecule has 0 radical (unpaired) electrons. The van der Waals surface area contributed by atoms with Gasteiger partial charge in [0.2, 0.25) is 5.91 Å². The Morgan fingerprint density at radius 3 is 2.49 bits per heavy atom. The Labute approximate surface area is 200 Å². The molecule has 1 aliphatic rings. The maximum Gasteiger partial charge on any atom is 0.321 e. The number of hydrogen-bond acceptors (Lipinski definition) is 5. The minimum Gasteiger partial charge on any atom is -0.326 e. The average Bonchev–Trinajstić information content (AvgIpc) is 3.16. The van der Waals surface area contributed by atoms with E-state index in [2.05, 4.69) is 15.6 Å². The Bertz CT molecular complexity index is 1410. The number of rotatable bonds is 5. The molecule has 35 heavy (non-hydrogen) atoms. The first-order valence-corrected chi connectivity index (χ1v) is 12.5. The highest BCUT2D eigenvalue weighted by molar-refractivity contribution is 7.90. The lowest BCUT2D eigenvalue weighted by atomic mass is 10.0. The molecule has 1 saturated heterocycles. The van der Waals surface area contributed by atoms with E-state index in [1.54, 1.807) is 18.3 Å². The summed E-state index contributed by atoms with van der Waals surface area (Å²) in [7, 11) is -3.69. The van der Waals surface area contributed by atoms with Crippen LogP contribution in [0.4, 0.5) is 25.1 Å². The van der Waals surface area contributed by atoms with Crippen LogP contribution in [0.5, 0.6) is 0 Å². The van der Waals surface area contributed by atoms with Crippen molar-refractivity contribution in [3.63, 3.8) is 0 Å². The molecule has 0 saturated carbocycles. The second kappa shape index (κ2) is 9.41. The summed E-state index contributed by atoms with van der Waals surface area (Å²) in [6, 6.07) is 9.96. The molecule has 0 bridgehead atoms. The van der Waals surface area contributed by atoms with Crippen LogP contribution in [-0.4, -0.2) is 44.2 Å². The summed E-state index contributed by atoms with van der Waals surface area (Å²) in [4.78, 5) is 30.1. The lowest BCUT2D eigenvalue weighted by Crippen LogP contribution is -2.43. The number of hydrogen-bond donors (Lipinski definition) is 2. The van der Waals surface area contributed by atoms with Crippen molar-refractivity contribution in [2.45, 2.75) is 24.3 Å². The largest absolute Gasteiger partial charge is 0.326 e. The van der Waals surface area contributed by atoms with E-state index in [9.17, 15) is 18.0 Å². The minimum atomic E-state index is -3.69. The van der Waals surface area contributed by atoms with Crippen molar-refractivity contribution in [2.75, 3.05) is 23.0 Å². The Kier molecular flexibility index (Phi) is 6.53. The van der Waals surface area contributed by atoms with E-state index in [-0.39, 0.29) is 34.7 Å². The van der Waals surface area contributed by atoms with Gasteiger partial charge in [-0.15, -0.1) is 0 Å². The fourth-order valence-electron chi connectivity index (χ4n) is 3.87. The smallest absolute Gasteiger partial charge is 0.321 e. The molecule has 0 spiro atoms. The number of sulfone groups is 1. The van der Waals surface area contributed by atoms with E-state index in [0.717, 1.165) is 16.7 Å². The van der Waals surface area contributed by atoms with Gasteiger partial charge in [-0.25, -0.2) is 27.0 Å². The number of carbonyl (C=O) groups excluding carboxylic acids is 2. The summed E-state index contributed by atoms with van der Waals surface area (Å²) < 4.78 is 54.3. The number of nitrogens with zero attached hydrogens (tertiary/aromatic N) is 2. The lowest BCUT2D eigenvalue weighted by molar-refractivity contribution is -0.118. The van der Waals surface area contributed by atoms with Gasteiger partial charge >= 0.3 is 6.03 Å². The summed E-state index contributed by atoms with van der Waals surface area (Å²) in [6.07, 6.45) is 2.75. The second-order valence-electron chi connectivity index (χ2n) is 8.18. The monoisotopic (exact) mass is 500 g/mol. The third-order valence-corrected chi connectivity index (χ3v) is 6.75. The van der Waals surface area contributed by atoms with Crippen molar-refractivity contribution in [2.24, 2.45) is 0 Å². The molecule has 3 aromatic rings. The number of amides is 3. The molecule has 11 heteroatoms. The molecule has 1 fully saturated rings. The fraction of sp³-hybridized carbons (Fsp3) is 0.208. The van der Waals surface area contributed by atoms with E-state index in [1.807, 2.05) is 6.92 Å². The Morgan fingerprint density at radius 1 is 1.06 bits per heavy atom. The van der Waals surface area contributed by atoms with Gasteiger partial charge in [0.05, 0.1) is 10.6 Å². The van der Waals surface area contributed by atoms with Crippen LogP contribution in [0.2, 0.25) is 0 Å². The van der Waals surface area contributed by atoms with Gasteiger partial charge in [-0.1, -0.05) is 24.3 Å². The molecule has 2 aromatic carbocycles. The number of benzene rings is 2. The number of carbonyl (C=O) groups is 2. The summed E-state index contributed by atoms with van der Waals surface area (Å²) in [5.74, 6) is -2.85. The summed E-state index contributed by atoms with van der Waals surface area (Å²) in [5.41, 5.74) is 0.404. The molecule has 4 rings (SSSR count).